The van der Waals surface area contributed by atoms with Gasteiger partial charge in [-0.05, 0) is 11.1 Å². The van der Waals surface area contributed by atoms with Crippen molar-refractivity contribution in [2.75, 3.05) is 19.7 Å². The van der Waals surface area contributed by atoms with Crippen molar-refractivity contribution in [3.8, 4) is 17.0 Å². The highest BCUT2D eigenvalue weighted by atomic mass is 35.5. The van der Waals surface area contributed by atoms with E-state index in [1.54, 1.807) is 0 Å². The molecule has 1 aliphatic rings. The number of rotatable bonds is 7. The monoisotopic (exact) mass is 436 g/mol. The Kier molecular flexibility index (Phi) is 6.85. The topological polar surface area (TPSA) is 51.7 Å². The minimum Gasteiger partial charge on any atom is -0.473 e. The fraction of sp³-hybridized carbons (Fsp3) is 0.280. The molecule has 160 valence electrons. The molecule has 1 aromatic heterocycles. The molecule has 0 saturated heterocycles. The molecule has 0 aliphatic carbocycles. The molecule has 0 fully saturated rings. The van der Waals surface area contributed by atoms with Crippen LogP contribution in [-0.2, 0) is 29.1 Å². The first kappa shape index (κ1) is 21.3. The third kappa shape index (κ3) is 5.43. The van der Waals surface area contributed by atoms with Gasteiger partial charge in [0.15, 0.2) is 0 Å². The van der Waals surface area contributed by atoms with Gasteiger partial charge in [-0.15, -0.1) is 0 Å². The normalized spacial score (nSPS) is 13.5. The molecule has 0 unspecified atom stereocenters. The first-order valence-electron chi connectivity index (χ1n) is 10.4. The number of fused-ring (bicyclic) bond motifs is 1. The van der Waals surface area contributed by atoms with Crippen LogP contribution in [0.3, 0.4) is 0 Å². The lowest BCUT2D eigenvalue weighted by Gasteiger charge is -2.28. The molecule has 0 amide bonds. The van der Waals surface area contributed by atoms with Gasteiger partial charge >= 0.3 is 5.97 Å². The van der Waals surface area contributed by atoms with Gasteiger partial charge in [0.1, 0.15) is 13.2 Å². The Labute approximate surface area is 187 Å². The zero-order valence-electron chi connectivity index (χ0n) is 17.5. The number of carbonyl (C=O) groups is 1. The number of hydrogen-bond donors (Lipinski definition) is 0. The molecule has 2 aromatic carbocycles. The van der Waals surface area contributed by atoms with E-state index in [1.807, 2.05) is 54.6 Å². The van der Waals surface area contributed by atoms with E-state index in [1.165, 1.54) is 12.5 Å². The standard InChI is InChI=1S/C25H25ClN2O3/c1-18(29)30-15-14-28-13-12-23-20(16-28)10-11-24(27-23)31-17-21-8-5-9-22(25(21)26)19-6-3-2-4-7-19/h2-11H,12-17H2,1H3. The smallest absolute Gasteiger partial charge is 0.302 e. The van der Waals surface area contributed by atoms with Crippen molar-refractivity contribution in [1.29, 1.82) is 0 Å². The molecule has 2 heterocycles. The van der Waals surface area contributed by atoms with Crippen LogP contribution in [0.5, 0.6) is 5.88 Å². The summed E-state index contributed by atoms with van der Waals surface area (Å²) in [7, 11) is 0. The van der Waals surface area contributed by atoms with E-state index in [9.17, 15) is 4.79 Å². The Bertz CT molecular complexity index is 1060. The van der Waals surface area contributed by atoms with Crippen LogP contribution in [0, 0.1) is 0 Å². The van der Waals surface area contributed by atoms with Gasteiger partial charge in [-0.2, -0.15) is 0 Å². The van der Waals surface area contributed by atoms with Gasteiger partial charge in [-0.3, -0.25) is 9.69 Å². The second-order valence-corrected chi connectivity index (χ2v) is 7.93. The van der Waals surface area contributed by atoms with Crippen LogP contribution in [0.1, 0.15) is 23.7 Å². The Balaban J connectivity index is 1.39. The van der Waals surface area contributed by atoms with E-state index in [0.717, 1.165) is 48.4 Å². The summed E-state index contributed by atoms with van der Waals surface area (Å²) < 4.78 is 11.0. The highest BCUT2D eigenvalue weighted by Crippen LogP contribution is 2.31. The summed E-state index contributed by atoms with van der Waals surface area (Å²) in [5.41, 5.74) is 5.25. The number of esters is 1. The molecule has 0 bridgehead atoms. The molecule has 0 N–H and O–H groups in total. The summed E-state index contributed by atoms with van der Waals surface area (Å²) in [6.07, 6.45) is 0.844. The molecular weight excluding hydrogens is 412 g/mol. The average Bonchev–Trinajstić information content (AvgIpc) is 2.78. The van der Waals surface area contributed by atoms with Gasteiger partial charge in [0.25, 0.3) is 0 Å². The number of pyridine rings is 1. The van der Waals surface area contributed by atoms with Crippen molar-refractivity contribution < 1.29 is 14.3 Å². The van der Waals surface area contributed by atoms with Crippen LogP contribution in [0.15, 0.2) is 60.7 Å². The average molecular weight is 437 g/mol. The molecular formula is C25H25ClN2O3. The van der Waals surface area contributed by atoms with Crippen LogP contribution in [0.25, 0.3) is 11.1 Å². The van der Waals surface area contributed by atoms with Crippen LogP contribution in [0.2, 0.25) is 5.02 Å². The van der Waals surface area contributed by atoms with Gasteiger partial charge in [0.2, 0.25) is 5.88 Å². The molecule has 31 heavy (non-hydrogen) atoms. The molecule has 0 radical (unpaired) electrons. The predicted molar refractivity (Wildman–Crippen MR) is 121 cm³/mol. The number of carbonyl (C=O) groups excluding carboxylic acids is 1. The maximum Gasteiger partial charge on any atom is 0.302 e. The van der Waals surface area contributed by atoms with E-state index < -0.39 is 0 Å². The maximum absolute atomic E-state index is 10.9. The fourth-order valence-corrected chi connectivity index (χ4v) is 4.02. The minimum absolute atomic E-state index is 0.240. The van der Waals surface area contributed by atoms with Gasteiger partial charge in [-0.25, -0.2) is 4.98 Å². The third-order valence-electron chi connectivity index (χ3n) is 5.35. The van der Waals surface area contributed by atoms with E-state index >= 15 is 0 Å². The molecule has 0 atom stereocenters. The van der Waals surface area contributed by atoms with Crippen LogP contribution < -0.4 is 4.74 Å². The van der Waals surface area contributed by atoms with Crippen molar-refractivity contribution in [2.45, 2.75) is 26.5 Å². The molecule has 6 heteroatoms. The van der Waals surface area contributed by atoms with Crippen LogP contribution in [-0.4, -0.2) is 35.5 Å². The van der Waals surface area contributed by atoms with Crippen molar-refractivity contribution in [3.05, 3.63) is 82.5 Å². The summed E-state index contributed by atoms with van der Waals surface area (Å²) >= 11 is 6.66. The number of nitrogens with zero attached hydrogens (tertiary/aromatic N) is 2. The summed E-state index contributed by atoms with van der Waals surface area (Å²) in [6, 6.07) is 20.1. The molecule has 4 rings (SSSR count). The molecule has 0 saturated carbocycles. The Morgan fingerprint density at radius 2 is 1.94 bits per heavy atom. The maximum atomic E-state index is 10.9. The van der Waals surface area contributed by atoms with E-state index in [0.29, 0.717) is 24.1 Å². The number of benzene rings is 2. The second-order valence-electron chi connectivity index (χ2n) is 7.55. The number of halogens is 1. The lowest BCUT2D eigenvalue weighted by atomic mass is 10.0. The summed E-state index contributed by atoms with van der Waals surface area (Å²) in [4.78, 5) is 17.9. The van der Waals surface area contributed by atoms with Crippen LogP contribution in [0.4, 0.5) is 0 Å². The van der Waals surface area contributed by atoms with Gasteiger partial charge < -0.3 is 9.47 Å². The predicted octanol–water partition coefficient (Wildman–Crippen LogP) is 4.90. The Morgan fingerprint density at radius 3 is 2.74 bits per heavy atom. The number of hydrogen-bond acceptors (Lipinski definition) is 5. The first-order chi connectivity index (χ1) is 15.1. The largest absolute Gasteiger partial charge is 0.473 e. The van der Waals surface area contributed by atoms with E-state index in [2.05, 4.69) is 11.0 Å². The van der Waals surface area contributed by atoms with Gasteiger partial charge in [0, 0.05) is 50.2 Å². The van der Waals surface area contributed by atoms with Crippen molar-refractivity contribution >= 4 is 17.6 Å². The lowest BCUT2D eigenvalue weighted by molar-refractivity contribution is -0.141. The molecule has 1 aliphatic heterocycles. The lowest BCUT2D eigenvalue weighted by Crippen LogP contribution is -2.34. The zero-order valence-corrected chi connectivity index (χ0v) is 18.3. The zero-order chi connectivity index (χ0) is 21.6. The highest BCUT2D eigenvalue weighted by Gasteiger charge is 2.18. The van der Waals surface area contributed by atoms with E-state index in [4.69, 9.17) is 26.1 Å². The van der Waals surface area contributed by atoms with Gasteiger partial charge in [0.05, 0.1) is 10.7 Å². The van der Waals surface area contributed by atoms with Crippen molar-refractivity contribution in [3.63, 3.8) is 0 Å². The van der Waals surface area contributed by atoms with Crippen molar-refractivity contribution in [1.82, 2.24) is 9.88 Å². The third-order valence-corrected chi connectivity index (χ3v) is 5.80. The van der Waals surface area contributed by atoms with Gasteiger partial charge in [-0.1, -0.05) is 66.2 Å². The number of aromatic nitrogens is 1. The summed E-state index contributed by atoms with van der Waals surface area (Å²) in [5.74, 6) is 0.364. The van der Waals surface area contributed by atoms with E-state index in [-0.39, 0.29) is 5.97 Å². The van der Waals surface area contributed by atoms with Crippen LogP contribution >= 0.6 is 11.6 Å². The van der Waals surface area contributed by atoms with Crippen molar-refractivity contribution in [2.24, 2.45) is 0 Å². The molecule has 3 aromatic rings. The second kappa shape index (κ2) is 9.94. The quantitative estimate of drug-likeness (QED) is 0.493. The SMILES string of the molecule is CC(=O)OCCN1CCc2nc(OCc3cccc(-c4ccccc4)c3Cl)ccc2C1. The Hall–Kier alpha value is -2.89. The summed E-state index contributed by atoms with van der Waals surface area (Å²) in [5, 5.41) is 0.704. The minimum atomic E-state index is -0.240. The first-order valence-corrected chi connectivity index (χ1v) is 10.8. The highest BCUT2D eigenvalue weighted by molar-refractivity contribution is 6.34. The number of ether oxygens (including phenoxy) is 2. The Morgan fingerprint density at radius 1 is 1.10 bits per heavy atom. The summed E-state index contributed by atoms with van der Waals surface area (Å²) in [6.45, 7) is 4.63. The fourth-order valence-electron chi connectivity index (χ4n) is 3.73. The molecule has 5 nitrogen and oxygen atoms in total. The molecule has 0 spiro atoms.